The van der Waals surface area contributed by atoms with Gasteiger partial charge in [0, 0.05) is 29.1 Å². The molecular weight excluding hydrogens is 534 g/mol. The Morgan fingerprint density at radius 2 is 1.90 bits per heavy atom. The average molecular weight is 562 g/mol. The lowest BCUT2D eigenvalue weighted by molar-refractivity contribution is 0.102. The number of amides is 1. The van der Waals surface area contributed by atoms with Crippen LogP contribution < -0.4 is 20.1 Å². The number of carbonyl (C=O) groups excluding carboxylic acids is 1. The fourth-order valence-corrected chi connectivity index (χ4v) is 4.04. The molecule has 0 spiro atoms. The summed E-state index contributed by atoms with van der Waals surface area (Å²) in [5.41, 5.74) is 3.00. The first-order chi connectivity index (χ1) is 19.2. The normalized spacial score (nSPS) is 11.8. The topological polar surface area (TPSA) is 168 Å². The summed E-state index contributed by atoms with van der Waals surface area (Å²) in [5.74, 6) is 0.703. The molecule has 1 atom stereocenters. The molecule has 0 unspecified atom stereocenters. The van der Waals surface area contributed by atoms with Crippen LogP contribution in [0.15, 0.2) is 79.2 Å². The SMILES string of the molecule is C=CS(=O)(=O)NCc1ncc(C(=O)Nc2cccc([C@H](C)Nc3cncc(-c4ccc(O)c(OC)c4)n3)c2)cn1. The molecule has 2 heterocycles. The molecule has 0 fully saturated rings. The van der Waals surface area contributed by atoms with Crippen LogP contribution in [-0.4, -0.2) is 46.5 Å². The smallest absolute Gasteiger partial charge is 0.258 e. The second-order valence-corrected chi connectivity index (χ2v) is 10.3. The van der Waals surface area contributed by atoms with E-state index in [1.165, 1.54) is 25.6 Å². The zero-order chi connectivity index (χ0) is 28.7. The van der Waals surface area contributed by atoms with Gasteiger partial charge in [0.15, 0.2) is 11.5 Å². The molecule has 1 amide bonds. The maximum Gasteiger partial charge on any atom is 0.258 e. The van der Waals surface area contributed by atoms with Crippen molar-refractivity contribution >= 4 is 27.4 Å². The van der Waals surface area contributed by atoms with Gasteiger partial charge in [-0.3, -0.25) is 9.78 Å². The van der Waals surface area contributed by atoms with Crippen LogP contribution in [0.1, 0.15) is 34.7 Å². The third-order valence-corrected chi connectivity index (χ3v) is 6.72. The second-order valence-electron chi connectivity index (χ2n) is 8.54. The first-order valence-corrected chi connectivity index (χ1v) is 13.5. The highest BCUT2D eigenvalue weighted by molar-refractivity contribution is 7.92. The van der Waals surface area contributed by atoms with Gasteiger partial charge in [0.25, 0.3) is 5.91 Å². The Bertz CT molecular complexity index is 1630. The highest BCUT2D eigenvalue weighted by Gasteiger charge is 2.13. The fraction of sp³-hybridized carbons (Fsp3) is 0.148. The molecule has 0 saturated heterocycles. The molecule has 0 aliphatic heterocycles. The number of benzene rings is 2. The molecule has 0 radical (unpaired) electrons. The van der Waals surface area contributed by atoms with Gasteiger partial charge in [0.2, 0.25) is 10.0 Å². The molecule has 0 bridgehead atoms. The minimum atomic E-state index is -3.61. The van der Waals surface area contributed by atoms with Gasteiger partial charge < -0.3 is 20.5 Å². The van der Waals surface area contributed by atoms with E-state index in [-0.39, 0.29) is 29.7 Å². The van der Waals surface area contributed by atoms with Crippen molar-refractivity contribution in [2.45, 2.75) is 19.5 Å². The van der Waals surface area contributed by atoms with Crippen molar-refractivity contribution in [1.82, 2.24) is 24.7 Å². The van der Waals surface area contributed by atoms with Gasteiger partial charge in [-0.2, -0.15) is 0 Å². The Kier molecular flexibility index (Phi) is 8.67. The summed E-state index contributed by atoms with van der Waals surface area (Å²) in [6.07, 6.45) is 5.87. The number of aromatic nitrogens is 4. The van der Waals surface area contributed by atoms with Crippen LogP contribution in [-0.2, 0) is 16.6 Å². The Balaban J connectivity index is 1.41. The van der Waals surface area contributed by atoms with E-state index in [4.69, 9.17) is 4.74 Å². The first kappa shape index (κ1) is 28.1. The van der Waals surface area contributed by atoms with Crippen LogP contribution in [0.4, 0.5) is 11.5 Å². The number of ether oxygens (including phenoxy) is 1. The lowest BCUT2D eigenvalue weighted by atomic mass is 10.1. The standard InChI is InChI=1S/C27H27N7O5S/c1-4-40(37,38)31-16-25-29-12-20(13-30-25)27(36)33-21-7-5-6-18(10-21)17(2)32-26-15-28-14-22(34-26)19-8-9-23(35)24(11-19)39-3/h4-15,17,31,35H,1,16H2,2-3H3,(H,32,34)(H,33,36)/t17-/m0/s1. The summed E-state index contributed by atoms with van der Waals surface area (Å²) >= 11 is 0. The Morgan fingerprint density at radius 3 is 2.62 bits per heavy atom. The number of anilines is 2. The molecule has 40 heavy (non-hydrogen) atoms. The minimum absolute atomic E-state index is 0.0350. The molecule has 0 aliphatic rings. The van der Waals surface area contributed by atoms with Gasteiger partial charge in [-0.1, -0.05) is 18.7 Å². The van der Waals surface area contributed by atoms with Crippen molar-refractivity contribution in [1.29, 1.82) is 0 Å². The highest BCUT2D eigenvalue weighted by atomic mass is 32.2. The lowest BCUT2D eigenvalue weighted by Gasteiger charge is -2.16. The van der Waals surface area contributed by atoms with E-state index in [0.29, 0.717) is 22.9 Å². The monoisotopic (exact) mass is 561 g/mol. The fourth-order valence-electron chi connectivity index (χ4n) is 3.59. The van der Waals surface area contributed by atoms with Crippen molar-refractivity contribution in [2.75, 3.05) is 17.7 Å². The largest absolute Gasteiger partial charge is 0.504 e. The number of nitrogens with one attached hydrogen (secondary N) is 3. The minimum Gasteiger partial charge on any atom is -0.504 e. The molecule has 0 saturated carbocycles. The van der Waals surface area contributed by atoms with Crippen molar-refractivity contribution in [3.63, 3.8) is 0 Å². The second kappa shape index (κ2) is 12.3. The maximum atomic E-state index is 12.7. The molecule has 4 rings (SSSR count). The van der Waals surface area contributed by atoms with E-state index in [1.807, 2.05) is 25.1 Å². The third-order valence-electron chi connectivity index (χ3n) is 5.74. The number of phenolic OH excluding ortho intramolecular Hbond substituents is 1. The number of rotatable bonds is 11. The van der Waals surface area contributed by atoms with Gasteiger partial charge >= 0.3 is 0 Å². The summed E-state index contributed by atoms with van der Waals surface area (Å²) in [7, 11) is -2.13. The highest BCUT2D eigenvalue weighted by Crippen LogP contribution is 2.31. The molecular formula is C27H27N7O5S. The van der Waals surface area contributed by atoms with Crippen molar-refractivity contribution < 1.29 is 23.1 Å². The predicted molar refractivity (Wildman–Crippen MR) is 150 cm³/mol. The van der Waals surface area contributed by atoms with Crippen LogP contribution in [0.5, 0.6) is 11.5 Å². The molecule has 4 N–H and O–H groups in total. The van der Waals surface area contributed by atoms with E-state index in [1.54, 1.807) is 30.6 Å². The molecule has 4 aromatic rings. The molecule has 2 aromatic carbocycles. The summed E-state index contributed by atoms with van der Waals surface area (Å²) < 4.78 is 30.4. The van der Waals surface area contributed by atoms with Gasteiger partial charge in [-0.15, -0.1) is 0 Å². The predicted octanol–water partition coefficient (Wildman–Crippen LogP) is 3.64. The zero-order valence-electron chi connectivity index (χ0n) is 21.7. The van der Waals surface area contributed by atoms with E-state index >= 15 is 0 Å². The van der Waals surface area contributed by atoms with Crippen molar-refractivity contribution in [2.24, 2.45) is 0 Å². The van der Waals surface area contributed by atoms with Crippen LogP contribution in [0, 0.1) is 0 Å². The molecule has 0 aliphatic carbocycles. The lowest BCUT2D eigenvalue weighted by Crippen LogP contribution is -2.22. The third kappa shape index (κ3) is 7.15. The Hall–Kier alpha value is -4.88. The van der Waals surface area contributed by atoms with Gasteiger partial charge in [-0.05, 0) is 42.8 Å². The van der Waals surface area contributed by atoms with Crippen LogP contribution in [0.25, 0.3) is 11.3 Å². The van der Waals surface area contributed by atoms with Gasteiger partial charge in [0.1, 0.15) is 11.6 Å². The Morgan fingerprint density at radius 1 is 1.12 bits per heavy atom. The molecule has 206 valence electrons. The molecule has 2 aromatic heterocycles. The maximum absolute atomic E-state index is 12.7. The summed E-state index contributed by atoms with van der Waals surface area (Å²) in [5, 5.41) is 16.8. The van der Waals surface area contributed by atoms with Gasteiger partial charge in [0.05, 0.1) is 43.3 Å². The van der Waals surface area contributed by atoms with Crippen molar-refractivity contribution in [3.8, 4) is 22.8 Å². The molecule has 13 heteroatoms. The zero-order valence-corrected chi connectivity index (χ0v) is 22.5. The Labute approximate surface area is 231 Å². The first-order valence-electron chi connectivity index (χ1n) is 12.0. The number of sulfonamides is 1. The van der Waals surface area contributed by atoms with E-state index in [0.717, 1.165) is 16.5 Å². The number of hydrogen-bond donors (Lipinski definition) is 4. The number of phenols is 1. The summed E-state index contributed by atoms with van der Waals surface area (Å²) in [6, 6.07) is 12.1. The number of hydrogen-bond acceptors (Lipinski definition) is 10. The van der Waals surface area contributed by atoms with E-state index < -0.39 is 15.9 Å². The number of aromatic hydroxyl groups is 1. The number of carbonyl (C=O) groups is 1. The average Bonchev–Trinajstić information content (AvgIpc) is 2.97. The summed E-state index contributed by atoms with van der Waals surface area (Å²) in [6.45, 7) is 5.04. The van der Waals surface area contributed by atoms with Crippen molar-refractivity contribution in [3.05, 3.63) is 96.2 Å². The van der Waals surface area contributed by atoms with E-state index in [9.17, 15) is 18.3 Å². The van der Waals surface area contributed by atoms with E-state index in [2.05, 4.69) is 41.9 Å². The number of methoxy groups -OCH3 is 1. The van der Waals surface area contributed by atoms with Gasteiger partial charge in [-0.25, -0.2) is 28.1 Å². The number of nitrogens with zero attached hydrogens (tertiary/aromatic N) is 4. The van der Waals surface area contributed by atoms with Crippen LogP contribution in [0.3, 0.4) is 0 Å². The molecule has 12 nitrogen and oxygen atoms in total. The van der Waals surface area contributed by atoms with Crippen LogP contribution >= 0.6 is 0 Å². The quantitative estimate of drug-likeness (QED) is 0.212. The van der Waals surface area contributed by atoms with Crippen LogP contribution in [0.2, 0.25) is 0 Å². The summed E-state index contributed by atoms with van der Waals surface area (Å²) in [4.78, 5) is 29.7.